The molecule has 0 N–H and O–H groups in total. The highest BCUT2D eigenvalue weighted by atomic mass is 15.5. The van der Waals surface area contributed by atoms with Crippen molar-refractivity contribution in [3.63, 3.8) is 0 Å². The molecule has 133 valence electrons. The lowest BCUT2D eigenvalue weighted by Gasteiger charge is -2.03. The highest BCUT2D eigenvalue weighted by Gasteiger charge is 1.96. The van der Waals surface area contributed by atoms with Crippen LogP contribution in [-0.2, 0) is 6.54 Å². The molecule has 1 rings (SSSR count). The number of unbranched alkanes of at least 4 members (excludes halogenated alkanes) is 15. The average Bonchev–Trinajstić information content (AvgIpc) is 3.08. The summed E-state index contributed by atoms with van der Waals surface area (Å²) in [5.74, 6) is 0. The summed E-state index contributed by atoms with van der Waals surface area (Å²) in [5, 5.41) is 10.9. The summed E-state index contributed by atoms with van der Waals surface area (Å²) in [4.78, 5) is 0. The molecule has 1 heterocycles. The molecule has 4 heteroatoms. The summed E-state index contributed by atoms with van der Waals surface area (Å²) in [6, 6.07) is 0. The second kappa shape index (κ2) is 15.9. The van der Waals surface area contributed by atoms with E-state index in [4.69, 9.17) is 0 Å². The molecule has 0 bridgehead atoms. The third-order valence-corrected chi connectivity index (χ3v) is 4.58. The first-order valence-corrected chi connectivity index (χ1v) is 10.1. The second-order valence-electron chi connectivity index (χ2n) is 6.81. The summed E-state index contributed by atoms with van der Waals surface area (Å²) >= 11 is 0. The quantitative estimate of drug-likeness (QED) is 0.344. The number of aryl methyl sites for hydroxylation is 1. The van der Waals surface area contributed by atoms with Gasteiger partial charge in [-0.25, -0.2) is 4.68 Å². The molecule has 1 radical (unpaired) electrons. The van der Waals surface area contributed by atoms with Gasteiger partial charge < -0.3 is 0 Å². The van der Waals surface area contributed by atoms with E-state index in [2.05, 4.69) is 28.8 Å². The maximum Gasteiger partial charge on any atom is 0.221 e. The topological polar surface area (TPSA) is 43.6 Å². The molecular formula is C19H37N4. The summed E-state index contributed by atoms with van der Waals surface area (Å²) < 4.78 is 1.70. The molecule has 23 heavy (non-hydrogen) atoms. The zero-order valence-corrected chi connectivity index (χ0v) is 15.3. The molecule has 0 unspecified atom stereocenters. The van der Waals surface area contributed by atoms with Crippen LogP contribution in [0.5, 0.6) is 0 Å². The Labute approximate surface area is 143 Å². The highest BCUT2D eigenvalue weighted by molar-refractivity contribution is 4.50. The molecule has 0 amide bonds. The molecule has 1 aromatic heterocycles. The molecule has 0 aliphatic carbocycles. The fraction of sp³-hybridized carbons (Fsp3) is 0.947. The summed E-state index contributed by atoms with van der Waals surface area (Å²) in [5.41, 5.74) is 0. The monoisotopic (exact) mass is 321 g/mol. The van der Waals surface area contributed by atoms with Gasteiger partial charge in [-0.3, -0.25) is 0 Å². The third-order valence-electron chi connectivity index (χ3n) is 4.58. The maximum atomic E-state index is 3.82. The van der Waals surface area contributed by atoms with Crippen LogP contribution in [0.15, 0.2) is 0 Å². The van der Waals surface area contributed by atoms with Gasteiger partial charge in [-0.15, -0.1) is 5.10 Å². The predicted octanol–water partition coefficient (Wildman–Crippen LogP) is 5.73. The van der Waals surface area contributed by atoms with Crippen LogP contribution in [0, 0.1) is 6.33 Å². The largest absolute Gasteiger partial charge is 0.223 e. The number of tetrazole rings is 1. The standard InChI is InChI=1S/C19H37N4/c1-2-3-4-5-6-7-8-9-10-11-12-13-14-15-16-17-18-23-19-20-21-22-23/h2-18H2,1H3. The van der Waals surface area contributed by atoms with E-state index in [0.29, 0.717) is 0 Å². The summed E-state index contributed by atoms with van der Waals surface area (Å²) in [7, 11) is 0. The number of nitrogens with zero attached hydrogens (tertiary/aromatic N) is 4. The molecule has 1 aromatic rings. The number of aromatic nitrogens is 4. The Bertz CT molecular complexity index is 324. The molecule has 0 aliphatic heterocycles. The normalized spacial score (nSPS) is 11.2. The fourth-order valence-electron chi connectivity index (χ4n) is 3.06. The third kappa shape index (κ3) is 13.2. The Morgan fingerprint density at radius 2 is 1.04 bits per heavy atom. The van der Waals surface area contributed by atoms with E-state index in [-0.39, 0.29) is 0 Å². The molecule has 0 saturated heterocycles. The zero-order chi connectivity index (χ0) is 16.4. The number of hydrogen-bond donors (Lipinski definition) is 0. The van der Waals surface area contributed by atoms with Crippen LogP contribution >= 0.6 is 0 Å². The molecule has 0 spiro atoms. The van der Waals surface area contributed by atoms with Crippen molar-refractivity contribution in [3.05, 3.63) is 6.33 Å². The zero-order valence-electron chi connectivity index (χ0n) is 15.3. The van der Waals surface area contributed by atoms with E-state index in [1.807, 2.05) is 0 Å². The Kier molecular flexibility index (Phi) is 13.9. The van der Waals surface area contributed by atoms with Gasteiger partial charge in [-0.1, -0.05) is 103 Å². The lowest BCUT2D eigenvalue weighted by atomic mass is 10.0. The first kappa shape index (κ1) is 20.1. The fourth-order valence-corrected chi connectivity index (χ4v) is 3.06. The van der Waals surface area contributed by atoms with Gasteiger partial charge in [0.1, 0.15) is 0 Å². The van der Waals surface area contributed by atoms with E-state index >= 15 is 0 Å². The van der Waals surface area contributed by atoms with Crippen molar-refractivity contribution in [1.82, 2.24) is 20.2 Å². The minimum absolute atomic E-state index is 0.908. The summed E-state index contributed by atoms with van der Waals surface area (Å²) in [6.45, 7) is 3.20. The molecule has 0 aliphatic rings. The maximum absolute atomic E-state index is 3.82. The van der Waals surface area contributed by atoms with Crippen LogP contribution in [0.4, 0.5) is 0 Å². The van der Waals surface area contributed by atoms with Gasteiger partial charge in [0.2, 0.25) is 6.33 Å². The number of hydrogen-bond acceptors (Lipinski definition) is 3. The van der Waals surface area contributed by atoms with Crippen molar-refractivity contribution < 1.29 is 0 Å². The van der Waals surface area contributed by atoms with Gasteiger partial charge in [0.15, 0.2) is 0 Å². The van der Waals surface area contributed by atoms with E-state index in [9.17, 15) is 0 Å². The van der Waals surface area contributed by atoms with Gasteiger partial charge in [-0.05, 0) is 16.8 Å². The molecule has 0 aromatic carbocycles. The van der Waals surface area contributed by atoms with E-state index in [1.165, 1.54) is 103 Å². The van der Waals surface area contributed by atoms with Gasteiger partial charge in [0.05, 0.1) is 0 Å². The molecule has 0 saturated carbocycles. The average molecular weight is 322 g/mol. The Balaban J connectivity index is 1.67. The Morgan fingerprint density at radius 1 is 0.609 bits per heavy atom. The van der Waals surface area contributed by atoms with Crippen LogP contribution in [0.1, 0.15) is 110 Å². The molecule has 0 atom stereocenters. The second-order valence-corrected chi connectivity index (χ2v) is 6.81. The van der Waals surface area contributed by atoms with E-state index in [1.54, 1.807) is 4.68 Å². The Hall–Kier alpha value is -0.930. The van der Waals surface area contributed by atoms with Crippen molar-refractivity contribution in [1.29, 1.82) is 0 Å². The first-order chi connectivity index (χ1) is 11.4. The van der Waals surface area contributed by atoms with Crippen LogP contribution in [-0.4, -0.2) is 20.2 Å². The van der Waals surface area contributed by atoms with Crippen LogP contribution in [0.25, 0.3) is 0 Å². The van der Waals surface area contributed by atoms with Crippen LogP contribution in [0.2, 0.25) is 0 Å². The summed E-state index contributed by atoms with van der Waals surface area (Å²) in [6.07, 6.45) is 25.2. The van der Waals surface area contributed by atoms with Gasteiger partial charge >= 0.3 is 0 Å². The van der Waals surface area contributed by atoms with E-state index < -0.39 is 0 Å². The molecule has 0 fully saturated rings. The highest BCUT2D eigenvalue weighted by Crippen LogP contribution is 2.13. The van der Waals surface area contributed by atoms with Crippen LogP contribution < -0.4 is 0 Å². The van der Waals surface area contributed by atoms with Gasteiger partial charge in [0.25, 0.3) is 0 Å². The van der Waals surface area contributed by atoms with Crippen LogP contribution in [0.3, 0.4) is 0 Å². The smallest absolute Gasteiger partial charge is 0.221 e. The SMILES string of the molecule is CCCCCCCCCCCCCCCCCCn1[c]nnn1. The lowest BCUT2D eigenvalue weighted by Crippen LogP contribution is -1.99. The lowest BCUT2D eigenvalue weighted by molar-refractivity contribution is 0.502. The van der Waals surface area contributed by atoms with Crippen molar-refractivity contribution >= 4 is 0 Å². The van der Waals surface area contributed by atoms with Gasteiger partial charge in [-0.2, -0.15) is 0 Å². The van der Waals surface area contributed by atoms with Crippen molar-refractivity contribution in [2.75, 3.05) is 0 Å². The predicted molar refractivity (Wildman–Crippen MR) is 96.2 cm³/mol. The van der Waals surface area contributed by atoms with Gasteiger partial charge in [0, 0.05) is 6.54 Å². The molecule has 4 nitrogen and oxygen atoms in total. The number of rotatable bonds is 17. The van der Waals surface area contributed by atoms with Crippen molar-refractivity contribution in [2.24, 2.45) is 0 Å². The Morgan fingerprint density at radius 3 is 1.43 bits per heavy atom. The van der Waals surface area contributed by atoms with Crippen molar-refractivity contribution in [3.8, 4) is 0 Å². The minimum Gasteiger partial charge on any atom is -0.223 e. The first-order valence-electron chi connectivity index (χ1n) is 10.1. The minimum atomic E-state index is 0.908. The molecular weight excluding hydrogens is 284 g/mol. The van der Waals surface area contributed by atoms with Crippen molar-refractivity contribution in [2.45, 2.75) is 116 Å². The van der Waals surface area contributed by atoms with E-state index in [0.717, 1.165) is 6.54 Å².